The van der Waals surface area contributed by atoms with E-state index in [1.54, 1.807) is 12.4 Å². The summed E-state index contributed by atoms with van der Waals surface area (Å²) in [6.07, 6.45) is 9.78. The molecule has 0 amide bonds. The standard InChI is InChI=1S/C26H23N7S/c27-24-22(4-2-12-29-24)25-32-23-13-19(18-3-1-11-28-15-18)16-30-26(23)33(25)20-7-5-17(6-8-20)14-31-34-21-9-10-21/h1-8,11-13,15-16,21,31H,9-10,14H2,(H2,27,29). The first-order valence-corrected chi connectivity index (χ1v) is 12.1. The van der Waals surface area contributed by atoms with Crippen LogP contribution in [0.1, 0.15) is 18.4 Å². The molecule has 3 N–H and O–H groups in total. The van der Waals surface area contributed by atoms with Crippen molar-refractivity contribution in [2.75, 3.05) is 5.73 Å². The fourth-order valence-corrected chi connectivity index (χ4v) is 4.74. The van der Waals surface area contributed by atoms with Crippen molar-refractivity contribution >= 4 is 28.9 Å². The molecule has 0 radical (unpaired) electrons. The summed E-state index contributed by atoms with van der Waals surface area (Å²) in [5.74, 6) is 1.15. The number of nitrogens with zero attached hydrogens (tertiary/aromatic N) is 5. The highest BCUT2D eigenvalue weighted by Gasteiger charge is 2.21. The number of imidazole rings is 1. The SMILES string of the molecule is Nc1ncccc1-c1nc2cc(-c3cccnc3)cnc2n1-c1ccc(CNSC2CC2)cc1. The lowest BCUT2D eigenvalue weighted by Gasteiger charge is -2.11. The average Bonchev–Trinajstić information content (AvgIpc) is 3.63. The van der Waals surface area contributed by atoms with Gasteiger partial charge in [0.1, 0.15) is 11.3 Å². The molecule has 4 aromatic heterocycles. The second kappa shape index (κ2) is 8.89. The predicted octanol–water partition coefficient (Wildman–Crippen LogP) is 5.03. The highest BCUT2D eigenvalue weighted by atomic mass is 32.2. The Bertz CT molecular complexity index is 1440. The second-order valence-corrected chi connectivity index (χ2v) is 9.51. The van der Waals surface area contributed by atoms with Crippen LogP contribution in [0.15, 0.2) is 79.4 Å². The predicted molar refractivity (Wildman–Crippen MR) is 137 cm³/mol. The van der Waals surface area contributed by atoms with Gasteiger partial charge in [0.2, 0.25) is 0 Å². The van der Waals surface area contributed by atoms with Crippen molar-refractivity contribution < 1.29 is 0 Å². The summed E-state index contributed by atoms with van der Waals surface area (Å²) >= 11 is 1.84. The van der Waals surface area contributed by atoms with E-state index in [4.69, 9.17) is 15.7 Å². The number of pyridine rings is 3. The molecular formula is C26H23N7S. The number of rotatable bonds is 7. The molecule has 168 valence electrons. The second-order valence-electron chi connectivity index (χ2n) is 8.32. The van der Waals surface area contributed by atoms with Gasteiger partial charge in [0.15, 0.2) is 11.5 Å². The van der Waals surface area contributed by atoms with Crippen LogP contribution < -0.4 is 10.5 Å². The minimum absolute atomic E-state index is 0.435. The van der Waals surface area contributed by atoms with Crippen molar-refractivity contribution in [3.05, 3.63) is 84.9 Å². The minimum Gasteiger partial charge on any atom is -0.383 e. The summed E-state index contributed by atoms with van der Waals surface area (Å²) in [5, 5.41) is 0.784. The molecular weight excluding hydrogens is 442 g/mol. The summed E-state index contributed by atoms with van der Waals surface area (Å²) in [4.78, 5) is 18.3. The van der Waals surface area contributed by atoms with Crippen LogP contribution in [0.3, 0.4) is 0 Å². The highest BCUT2D eigenvalue weighted by Crippen LogP contribution is 2.33. The van der Waals surface area contributed by atoms with E-state index in [1.165, 1.54) is 18.4 Å². The van der Waals surface area contributed by atoms with Gasteiger partial charge in [0.25, 0.3) is 0 Å². The summed E-state index contributed by atoms with van der Waals surface area (Å²) in [7, 11) is 0. The summed E-state index contributed by atoms with van der Waals surface area (Å²) in [6.45, 7) is 0.835. The number of hydrogen-bond acceptors (Lipinski definition) is 7. The van der Waals surface area contributed by atoms with Gasteiger partial charge in [-0.15, -0.1) is 0 Å². The molecule has 34 heavy (non-hydrogen) atoms. The van der Waals surface area contributed by atoms with Crippen LogP contribution in [-0.2, 0) is 6.54 Å². The monoisotopic (exact) mass is 465 g/mol. The molecule has 0 bridgehead atoms. The zero-order valence-electron chi connectivity index (χ0n) is 18.4. The molecule has 5 aromatic rings. The number of hydrogen-bond donors (Lipinski definition) is 2. The van der Waals surface area contributed by atoms with E-state index in [0.29, 0.717) is 11.6 Å². The molecule has 1 aromatic carbocycles. The Morgan fingerprint density at radius 3 is 2.59 bits per heavy atom. The highest BCUT2D eigenvalue weighted by molar-refractivity contribution is 7.98. The fraction of sp³-hybridized carbons (Fsp3) is 0.154. The Morgan fingerprint density at radius 2 is 1.82 bits per heavy atom. The molecule has 0 aliphatic heterocycles. The van der Waals surface area contributed by atoms with E-state index in [2.05, 4.69) is 39.0 Å². The van der Waals surface area contributed by atoms with Crippen LogP contribution >= 0.6 is 11.9 Å². The van der Waals surface area contributed by atoms with Crippen molar-refractivity contribution in [2.24, 2.45) is 0 Å². The van der Waals surface area contributed by atoms with Crippen LogP contribution in [0.25, 0.3) is 39.4 Å². The van der Waals surface area contributed by atoms with Gasteiger partial charge >= 0.3 is 0 Å². The Balaban J connectivity index is 1.43. The average molecular weight is 466 g/mol. The summed E-state index contributed by atoms with van der Waals surface area (Å²) in [6, 6.07) is 18.3. The van der Waals surface area contributed by atoms with Gasteiger partial charge < -0.3 is 5.73 Å². The topological polar surface area (TPSA) is 94.5 Å². The van der Waals surface area contributed by atoms with Gasteiger partial charge in [0, 0.05) is 53.4 Å². The molecule has 0 atom stereocenters. The quantitative estimate of drug-likeness (QED) is 0.326. The molecule has 0 spiro atoms. The molecule has 1 aliphatic carbocycles. The molecule has 6 rings (SSSR count). The van der Waals surface area contributed by atoms with Crippen molar-refractivity contribution in [1.29, 1.82) is 0 Å². The van der Waals surface area contributed by atoms with E-state index in [9.17, 15) is 0 Å². The van der Waals surface area contributed by atoms with Crippen LogP contribution in [0, 0.1) is 0 Å². The minimum atomic E-state index is 0.435. The van der Waals surface area contributed by atoms with Gasteiger partial charge in [-0.25, -0.2) is 15.0 Å². The molecule has 0 saturated heterocycles. The van der Waals surface area contributed by atoms with Gasteiger partial charge in [-0.05, 0) is 54.8 Å². The molecule has 1 saturated carbocycles. The van der Waals surface area contributed by atoms with Crippen LogP contribution in [0.2, 0.25) is 0 Å². The van der Waals surface area contributed by atoms with E-state index >= 15 is 0 Å². The lowest BCUT2D eigenvalue weighted by Crippen LogP contribution is -2.05. The summed E-state index contributed by atoms with van der Waals surface area (Å²) in [5.41, 5.74) is 12.7. The zero-order chi connectivity index (χ0) is 22.9. The Hall–Kier alpha value is -3.75. The first-order chi connectivity index (χ1) is 16.8. The molecule has 0 unspecified atom stereocenters. The van der Waals surface area contributed by atoms with Crippen LogP contribution in [0.4, 0.5) is 5.82 Å². The van der Waals surface area contributed by atoms with E-state index < -0.39 is 0 Å². The first-order valence-electron chi connectivity index (χ1n) is 11.2. The third-order valence-corrected chi connectivity index (χ3v) is 6.93. The van der Waals surface area contributed by atoms with Gasteiger partial charge in [-0.1, -0.05) is 30.1 Å². The number of anilines is 1. The van der Waals surface area contributed by atoms with Gasteiger partial charge in [-0.3, -0.25) is 14.3 Å². The number of aromatic nitrogens is 5. The van der Waals surface area contributed by atoms with Crippen LogP contribution in [-0.4, -0.2) is 29.8 Å². The normalized spacial score (nSPS) is 13.4. The Morgan fingerprint density at radius 1 is 0.971 bits per heavy atom. The number of fused-ring (bicyclic) bond motifs is 1. The van der Waals surface area contributed by atoms with Gasteiger partial charge in [0.05, 0.1) is 5.56 Å². The third-order valence-electron chi connectivity index (χ3n) is 5.82. The molecule has 1 aliphatic rings. The molecule has 7 nitrogen and oxygen atoms in total. The van der Waals surface area contributed by atoms with Crippen molar-refractivity contribution in [3.63, 3.8) is 0 Å². The molecule has 1 fully saturated rings. The maximum Gasteiger partial charge on any atom is 0.164 e. The Labute approximate surface area is 201 Å². The van der Waals surface area contributed by atoms with Crippen molar-refractivity contribution in [2.45, 2.75) is 24.6 Å². The van der Waals surface area contributed by atoms with Gasteiger partial charge in [-0.2, -0.15) is 0 Å². The lowest BCUT2D eigenvalue weighted by molar-refractivity contribution is 0.970. The fourth-order valence-electron chi connectivity index (χ4n) is 3.88. The maximum absolute atomic E-state index is 6.25. The number of nitrogens with two attached hydrogens (primary N) is 1. The van der Waals surface area contributed by atoms with Crippen molar-refractivity contribution in [3.8, 4) is 28.2 Å². The number of benzene rings is 1. The number of nitrogens with one attached hydrogen (secondary N) is 1. The largest absolute Gasteiger partial charge is 0.383 e. The maximum atomic E-state index is 6.25. The van der Waals surface area contributed by atoms with Crippen LogP contribution in [0.5, 0.6) is 0 Å². The third kappa shape index (κ3) is 4.13. The smallest absolute Gasteiger partial charge is 0.164 e. The molecule has 8 heteroatoms. The number of nitrogen functional groups attached to an aromatic ring is 1. The lowest BCUT2D eigenvalue weighted by atomic mass is 10.1. The Kier molecular flexibility index (Phi) is 5.44. The zero-order valence-corrected chi connectivity index (χ0v) is 19.2. The molecule has 4 heterocycles. The van der Waals surface area contributed by atoms with E-state index in [0.717, 1.165) is 45.3 Å². The van der Waals surface area contributed by atoms with E-state index in [-0.39, 0.29) is 0 Å². The first kappa shape index (κ1) is 20.8. The summed E-state index contributed by atoms with van der Waals surface area (Å²) < 4.78 is 5.52. The van der Waals surface area contributed by atoms with E-state index in [1.807, 2.05) is 59.2 Å². The van der Waals surface area contributed by atoms with Crippen molar-refractivity contribution in [1.82, 2.24) is 29.2 Å².